The molecule has 9 heteroatoms. The standard InChI is InChI=1S/C23H25FN4O3S/c24-17-5-7-18(8-6-17)27-9-11-28(12-10-27)20(21-4-1-13-31-21)16-26-23(30)22(29)25-15-19-3-2-14-32-19/h1-8,13-14,20H,9-12,15-16H2,(H,25,29)(H,26,30)/t20-/m1/s1. The van der Waals surface area contributed by atoms with Crippen LogP contribution in [0.5, 0.6) is 0 Å². The lowest BCUT2D eigenvalue weighted by atomic mass is 10.1. The van der Waals surface area contributed by atoms with E-state index in [2.05, 4.69) is 20.4 Å². The van der Waals surface area contributed by atoms with Crippen LogP contribution in [0, 0.1) is 5.82 Å². The van der Waals surface area contributed by atoms with Gasteiger partial charge in [-0.2, -0.15) is 0 Å². The lowest BCUT2D eigenvalue weighted by Crippen LogP contribution is -2.50. The van der Waals surface area contributed by atoms with Gasteiger partial charge in [0.25, 0.3) is 0 Å². The molecule has 32 heavy (non-hydrogen) atoms. The van der Waals surface area contributed by atoms with Crippen LogP contribution >= 0.6 is 11.3 Å². The third kappa shape index (κ3) is 5.54. The lowest BCUT2D eigenvalue weighted by molar-refractivity contribution is -0.139. The van der Waals surface area contributed by atoms with E-state index < -0.39 is 11.8 Å². The van der Waals surface area contributed by atoms with Crippen LogP contribution in [0.25, 0.3) is 0 Å². The van der Waals surface area contributed by atoms with Crippen molar-refractivity contribution in [3.05, 3.63) is 76.6 Å². The van der Waals surface area contributed by atoms with Crippen LogP contribution in [-0.4, -0.2) is 49.4 Å². The molecule has 1 atom stereocenters. The van der Waals surface area contributed by atoms with Crippen molar-refractivity contribution in [2.24, 2.45) is 0 Å². The molecule has 2 amide bonds. The minimum atomic E-state index is -0.664. The van der Waals surface area contributed by atoms with Crippen molar-refractivity contribution in [2.75, 3.05) is 37.6 Å². The summed E-state index contributed by atoms with van der Waals surface area (Å²) in [4.78, 5) is 29.9. The number of halogens is 1. The summed E-state index contributed by atoms with van der Waals surface area (Å²) in [5, 5.41) is 7.30. The van der Waals surface area contributed by atoms with Gasteiger partial charge in [-0.25, -0.2) is 4.39 Å². The van der Waals surface area contributed by atoms with Gasteiger partial charge in [0.05, 0.1) is 18.8 Å². The Hall–Kier alpha value is -3.17. The van der Waals surface area contributed by atoms with Crippen LogP contribution in [0.2, 0.25) is 0 Å². The highest BCUT2D eigenvalue weighted by atomic mass is 32.1. The number of nitrogens with one attached hydrogen (secondary N) is 2. The molecule has 1 aliphatic heterocycles. The van der Waals surface area contributed by atoms with Crippen LogP contribution in [0.1, 0.15) is 16.7 Å². The van der Waals surface area contributed by atoms with Crippen LogP contribution in [0.4, 0.5) is 10.1 Å². The van der Waals surface area contributed by atoms with Gasteiger partial charge >= 0.3 is 11.8 Å². The molecule has 2 aromatic heterocycles. The fourth-order valence-corrected chi connectivity index (χ4v) is 4.41. The van der Waals surface area contributed by atoms with E-state index >= 15 is 0 Å². The number of carbonyl (C=O) groups excluding carboxylic acids is 2. The van der Waals surface area contributed by atoms with Crippen LogP contribution < -0.4 is 15.5 Å². The Kier molecular flexibility index (Phi) is 7.18. The van der Waals surface area contributed by atoms with Gasteiger partial charge in [-0.1, -0.05) is 6.07 Å². The number of hydrogen-bond donors (Lipinski definition) is 2. The molecule has 0 aliphatic carbocycles. The number of thiophene rings is 1. The summed E-state index contributed by atoms with van der Waals surface area (Å²) < 4.78 is 18.8. The minimum absolute atomic E-state index is 0.186. The number of hydrogen-bond acceptors (Lipinski definition) is 6. The first-order valence-corrected chi connectivity index (χ1v) is 11.3. The third-order valence-corrected chi connectivity index (χ3v) is 6.36. The second-order valence-electron chi connectivity index (χ2n) is 7.50. The average Bonchev–Trinajstić information content (AvgIpc) is 3.53. The Labute approximate surface area is 189 Å². The monoisotopic (exact) mass is 456 g/mol. The fraction of sp³-hybridized carbons (Fsp3) is 0.304. The number of carbonyl (C=O) groups is 2. The first kappa shape index (κ1) is 22.0. The number of benzene rings is 1. The van der Waals surface area contributed by atoms with Crippen LogP contribution in [0.15, 0.2) is 64.6 Å². The van der Waals surface area contributed by atoms with Gasteiger partial charge in [0.15, 0.2) is 0 Å². The van der Waals surface area contributed by atoms with Gasteiger partial charge < -0.3 is 20.0 Å². The summed E-state index contributed by atoms with van der Waals surface area (Å²) in [5.41, 5.74) is 0.983. The predicted octanol–water partition coefficient (Wildman–Crippen LogP) is 2.78. The summed E-state index contributed by atoms with van der Waals surface area (Å²) in [6, 6.07) is 13.8. The molecular formula is C23H25FN4O3S. The number of amides is 2. The first-order valence-electron chi connectivity index (χ1n) is 10.5. The van der Waals surface area contributed by atoms with E-state index in [0.717, 1.165) is 42.5 Å². The van der Waals surface area contributed by atoms with Gasteiger partial charge in [-0.05, 0) is 47.8 Å². The molecule has 2 N–H and O–H groups in total. The normalized spacial score (nSPS) is 15.3. The molecule has 1 aromatic carbocycles. The molecule has 1 saturated heterocycles. The van der Waals surface area contributed by atoms with Crippen molar-refractivity contribution in [1.29, 1.82) is 0 Å². The zero-order valence-electron chi connectivity index (χ0n) is 17.5. The Balaban J connectivity index is 1.32. The average molecular weight is 457 g/mol. The van der Waals surface area contributed by atoms with E-state index in [9.17, 15) is 14.0 Å². The molecule has 1 fully saturated rings. The Bertz CT molecular complexity index is 1000. The number of furan rings is 1. The third-order valence-electron chi connectivity index (χ3n) is 5.48. The predicted molar refractivity (Wildman–Crippen MR) is 121 cm³/mol. The molecule has 0 unspecified atom stereocenters. The SMILES string of the molecule is O=C(NCc1cccs1)C(=O)NC[C@H](c1ccco1)N1CCN(c2ccc(F)cc2)CC1. The van der Waals surface area contributed by atoms with Crippen molar-refractivity contribution in [2.45, 2.75) is 12.6 Å². The largest absolute Gasteiger partial charge is 0.468 e. The molecule has 7 nitrogen and oxygen atoms in total. The molecular weight excluding hydrogens is 431 g/mol. The second kappa shape index (κ2) is 10.4. The highest BCUT2D eigenvalue weighted by Gasteiger charge is 2.28. The highest BCUT2D eigenvalue weighted by molar-refractivity contribution is 7.09. The summed E-state index contributed by atoms with van der Waals surface area (Å²) in [5.74, 6) is -0.833. The topological polar surface area (TPSA) is 77.8 Å². The highest BCUT2D eigenvalue weighted by Crippen LogP contribution is 2.24. The maximum atomic E-state index is 13.2. The van der Waals surface area contributed by atoms with E-state index in [1.807, 2.05) is 29.6 Å². The minimum Gasteiger partial charge on any atom is -0.468 e. The summed E-state index contributed by atoms with van der Waals surface area (Å²) >= 11 is 1.52. The Morgan fingerprint density at radius 1 is 1.00 bits per heavy atom. The maximum Gasteiger partial charge on any atom is 0.309 e. The number of piperazine rings is 1. The van der Waals surface area contributed by atoms with Gasteiger partial charge in [0.2, 0.25) is 0 Å². The summed E-state index contributed by atoms with van der Waals surface area (Å²) in [6.45, 7) is 3.59. The van der Waals surface area contributed by atoms with Gasteiger partial charge in [0.1, 0.15) is 11.6 Å². The van der Waals surface area contributed by atoms with Crippen molar-refractivity contribution < 1.29 is 18.4 Å². The van der Waals surface area contributed by atoms with Crippen LogP contribution in [-0.2, 0) is 16.1 Å². The molecule has 0 bridgehead atoms. The molecule has 0 spiro atoms. The van der Waals surface area contributed by atoms with Crippen molar-refractivity contribution in [3.63, 3.8) is 0 Å². The van der Waals surface area contributed by atoms with Crippen LogP contribution in [0.3, 0.4) is 0 Å². The van der Waals surface area contributed by atoms with Crippen molar-refractivity contribution in [1.82, 2.24) is 15.5 Å². The van der Waals surface area contributed by atoms with Gasteiger partial charge in [0, 0.05) is 43.3 Å². The maximum absolute atomic E-state index is 13.2. The molecule has 3 aromatic rings. The van der Waals surface area contributed by atoms with Crippen molar-refractivity contribution >= 4 is 28.8 Å². The van der Waals surface area contributed by atoms with E-state index in [-0.39, 0.29) is 18.4 Å². The molecule has 0 saturated carbocycles. The summed E-state index contributed by atoms with van der Waals surface area (Å²) in [7, 11) is 0. The fourth-order valence-electron chi connectivity index (χ4n) is 3.76. The quantitative estimate of drug-likeness (QED) is 0.535. The number of anilines is 1. The zero-order valence-corrected chi connectivity index (χ0v) is 18.3. The Morgan fingerprint density at radius 3 is 2.41 bits per heavy atom. The van der Waals surface area contributed by atoms with E-state index in [1.54, 1.807) is 18.4 Å². The molecule has 3 heterocycles. The van der Waals surface area contributed by atoms with Crippen molar-refractivity contribution in [3.8, 4) is 0 Å². The smallest absolute Gasteiger partial charge is 0.309 e. The molecule has 4 rings (SSSR count). The number of nitrogens with zero attached hydrogens (tertiary/aromatic N) is 2. The van der Waals surface area contributed by atoms with Gasteiger partial charge in [-0.15, -0.1) is 11.3 Å². The molecule has 0 radical (unpaired) electrons. The first-order chi connectivity index (χ1) is 15.6. The lowest BCUT2D eigenvalue weighted by Gasteiger charge is -2.39. The summed E-state index contributed by atoms with van der Waals surface area (Å²) in [6.07, 6.45) is 1.60. The van der Waals surface area contributed by atoms with E-state index in [0.29, 0.717) is 6.54 Å². The van der Waals surface area contributed by atoms with Gasteiger partial charge in [-0.3, -0.25) is 14.5 Å². The second-order valence-corrected chi connectivity index (χ2v) is 8.53. The number of rotatable bonds is 7. The molecule has 168 valence electrons. The molecule has 1 aliphatic rings. The van der Waals surface area contributed by atoms with E-state index in [4.69, 9.17) is 4.42 Å². The van der Waals surface area contributed by atoms with E-state index in [1.165, 1.54) is 23.5 Å². The Morgan fingerprint density at radius 2 is 1.75 bits per heavy atom. The zero-order chi connectivity index (χ0) is 22.3.